The lowest BCUT2D eigenvalue weighted by Gasteiger charge is -2.33. The molecule has 7 nitrogen and oxygen atoms in total. The second-order valence-corrected chi connectivity index (χ2v) is 11.4. The van der Waals surface area contributed by atoms with Crippen molar-refractivity contribution in [3.05, 3.63) is 62.0 Å². The molecule has 186 valence electrons. The van der Waals surface area contributed by atoms with Crippen LogP contribution in [0.4, 0.5) is 5.69 Å². The molecule has 0 bridgehead atoms. The van der Waals surface area contributed by atoms with Gasteiger partial charge < -0.3 is 10.2 Å². The molecule has 0 spiro atoms. The van der Waals surface area contributed by atoms with E-state index in [9.17, 15) is 18.0 Å². The van der Waals surface area contributed by atoms with E-state index in [0.29, 0.717) is 34.3 Å². The summed E-state index contributed by atoms with van der Waals surface area (Å²) in [6.45, 7) is 5.34. The van der Waals surface area contributed by atoms with Crippen molar-refractivity contribution in [3.63, 3.8) is 0 Å². The third kappa shape index (κ3) is 7.34. The number of aryl methyl sites for hydroxylation is 1. The predicted molar refractivity (Wildman–Crippen MR) is 141 cm³/mol. The lowest BCUT2D eigenvalue weighted by atomic mass is 10.1. The molecule has 1 atom stereocenters. The lowest BCUT2D eigenvalue weighted by Crippen LogP contribution is -2.52. The van der Waals surface area contributed by atoms with Crippen LogP contribution in [0.1, 0.15) is 31.4 Å². The summed E-state index contributed by atoms with van der Waals surface area (Å²) in [5.41, 5.74) is 1.76. The van der Waals surface area contributed by atoms with E-state index in [2.05, 4.69) is 21.2 Å². The van der Waals surface area contributed by atoms with Gasteiger partial charge in [0.15, 0.2) is 0 Å². The number of likely N-dealkylation sites (N-methyl/N-ethyl adjacent to an activating group) is 1. The highest BCUT2D eigenvalue weighted by Crippen LogP contribution is 2.27. The Morgan fingerprint density at radius 3 is 2.32 bits per heavy atom. The number of nitrogens with zero attached hydrogens (tertiary/aromatic N) is 2. The molecule has 0 radical (unpaired) electrons. The van der Waals surface area contributed by atoms with Crippen molar-refractivity contribution >= 4 is 66.7 Å². The Bertz CT molecular complexity index is 1160. The quantitative estimate of drug-likeness (QED) is 0.430. The molecule has 0 aliphatic carbocycles. The number of halogens is 3. The first kappa shape index (κ1) is 28.4. The molecule has 0 fully saturated rings. The van der Waals surface area contributed by atoms with Gasteiger partial charge in [-0.3, -0.25) is 13.9 Å². The van der Waals surface area contributed by atoms with Crippen molar-refractivity contribution in [2.24, 2.45) is 0 Å². The number of carbonyl (C=O) groups is 2. The monoisotopic (exact) mass is 591 g/mol. The number of rotatable bonds is 10. The molecule has 0 saturated heterocycles. The Labute approximate surface area is 219 Å². The molecular formula is C23H28BrCl2N3O4S. The van der Waals surface area contributed by atoms with Gasteiger partial charge in [0.25, 0.3) is 0 Å². The van der Waals surface area contributed by atoms with E-state index in [1.165, 1.54) is 4.90 Å². The first-order valence-corrected chi connectivity index (χ1v) is 14.0. The van der Waals surface area contributed by atoms with Gasteiger partial charge in [-0.2, -0.15) is 0 Å². The highest BCUT2D eigenvalue weighted by Gasteiger charge is 2.32. The topological polar surface area (TPSA) is 86.8 Å². The molecule has 2 aromatic rings. The summed E-state index contributed by atoms with van der Waals surface area (Å²) >= 11 is 15.7. The average Bonchev–Trinajstić information content (AvgIpc) is 2.74. The molecule has 2 amide bonds. The molecule has 0 heterocycles. The molecule has 1 unspecified atom stereocenters. The molecule has 0 aliphatic rings. The van der Waals surface area contributed by atoms with Crippen LogP contribution in [-0.2, 0) is 26.2 Å². The van der Waals surface area contributed by atoms with Gasteiger partial charge >= 0.3 is 0 Å². The van der Waals surface area contributed by atoms with E-state index >= 15 is 0 Å². The summed E-state index contributed by atoms with van der Waals surface area (Å²) < 4.78 is 27.1. The normalized spacial score (nSPS) is 12.2. The summed E-state index contributed by atoms with van der Waals surface area (Å²) in [6.07, 6.45) is 1.37. The Morgan fingerprint density at radius 2 is 1.79 bits per heavy atom. The molecule has 34 heavy (non-hydrogen) atoms. The highest BCUT2D eigenvalue weighted by molar-refractivity contribution is 9.10. The fourth-order valence-electron chi connectivity index (χ4n) is 3.44. The second-order valence-electron chi connectivity index (χ2n) is 7.78. The van der Waals surface area contributed by atoms with Gasteiger partial charge in [0, 0.05) is 27.6 Å². The minimum absolute atomic E-state index is 0.0153. The molecule has 11 heteroatoms. The zero-order chi connectivity index (χ0) is 25.6. The average molecular weight is 593 g/mol. The van der Waals surface area contributed by atoms with Crippen molar-refractivity contribution in [3.8, 4) is 0 Å². The second kappa shape index (κ2) is 12.2. The third-order valence-corrected chi connectivity index (χ3v) is 7.82. The zero-order valence-electron chi connectivity index (χ0n) is 19.4. The van der Waals surface area contributed by atoms with Crippen LogP contribution in [0.25, 0.3) is 0 Å². The smallest absolute Gasteiger partial charge is 0.244 e. The van der Waals surface area contributed by atoms with Gasteiger partial charge in [-0.05, 0) is 61.7 Å². The van der Waals surface area contributed by atoms with E-state index in [4.69, 9.17) is 23.2 Å². The van der Waals surface area contributed by atoms with Crippen LogP contribution in [0.5, 0.6) is 0 Å². The standard InChI is InChI=1S/C23H28BrCl2N3O4S/c1-5-21(23(31)27-6-2)28(13-16-7-8-17(25)12-20(16)26)22(30)14-29(34(4,32)33)18-9-10-19(24)15(3)11-18/h7-12,21H,5-6,13-14H2,1-4H3,(H,27,31). The Balaban J connectivity index is 2.48. The van der Waals surface area contributed by atoms with Gasteiger partial charge in [0.2, 0.25) is 21.8 Å². The summed E-state index contributed by atoms with van der Waals surface area (Å²) in [5, 5.41) is 3.53. The van der Waals surface area contributed by atoms with E-state index < -0.39 is 28.5 Å². The van der Waals surface area contributed by atoms with Crippen LogP contribution in [0.15, 0.2) is 40.9 Å². The van der Waals surface area contributed by atoms with E-state index in [1.54, 1.807) is 50.2 Å². The van der Waals surface area contributed by atoms with Gasteiger partial charge in [-0.25, -0.2) is 8.42 Å². The van der Waals surface area contributed by atoms with Crippen LogP contribution in [0.3, 0.4) is 0 Å². The molecule has 2 rings (SSSR count). The van der Waals surface area contributed by atoms with E-state index in [1.807, 2.05) is 6.92 Å². The number of carbonyl (C=O) groups excluding carboxylic acids is 2. The number of benzene rings is 2. The SMILES string of the molecule is CCNC(=O)C(CC)N(Cc1ccc(Cl)cc1Cl)C(=O)CN(c1ccc(Br)c(C)c1)S(C)(=O)=O. The number of sulfonamides is 1. The first-order chi connectivity index (χ1) is 15.9. The number of amides is 2. The maximum Gasteiger partial charge on any atom is 0.244 e. The van der Waals surface area contributed by atoms with Gasteiger partial charge in [0.1, 0.15) is 12.6 Å². The molecule has 0 aromatic heterocycles. The van der Waals surface area contributed by atoms with Crippen molar-refractivity contribution in [1.29, 1.82) is 0 Å². The van der Waals surface area contributed by atoms with Gasteiger partial charge in [0.05, 0.1) is 11.9 Å². The van der Waals surface area contributed by atoms with Crippen LogP contribution >= 0.6 is 39.1 Å². The number of anilines is 1. The van der Waals surface area contributed by atoms with Crippen molar-refractivity contribution in [1.82, 2.24) is 10.2 Å². The third-order valence-electron chi connectivity index (χ3n) is 5.20. The van der Waals surface area contributed by atoms with E-state index in [-0.39, 0.29) is 12.5 Å². The summed E-state index contributed by atoms with van der Waals surface area (Å²) in [6, 6.07) is 9.09. The summed E-state index contributed by atoms with van der Waals surface area (Å²) in [5.74, 6) is -0.857. The number of hydrogen-bond donors (Lipinski definition) is 1. The molecule has 0 saturated carbocycles. The minimum atomic E-state index is -3.80. The zero-order valence-corrected chi connectivity index (χ0v) is 23.4. The summed E-state index contributed by atoms with van der Waals surface area (Å²) in [4.78, 5) is 27.7. The maximum atomic E-state index is 13.6. The molecule has 1 N–H and O–H groups in total. The minimum Gasteiger partial charge on any atom is -0.355 e. The molecular weight excluding hydrogens is 565 g/mol. The lowest BCUT2D eigenvalue weighted by molar-refractivity contribution is -0.140. The van der Waals surface area contributed by atoms with E-state index in [0.717, 1.165) is 20.6 Å². The maximum absolute atomic E-state index is 13.6. The fourth-order valence-corrected chi connectivity index (χ4v) is 5.00. The predicted octanol–water partition coefficient (Wildman–Crippen LogP) is 4.77. The molecule has 2 aromatic carbocycles. The van der Waals surface area contributed by atoms with Crippen LogP contribution in [-0.4, -0.2) is 50.5 Å². The van der Waals surface area contributed by atoms with Crippen LogP contribution in [0.2, 0.25) is 10.0 Å². The van der Waals surface area contributed by atoms with Crippen molar-refractivity contribution in [2.45, 2.75) is 39.8 Å². The number of hydrogen-bond acceptors (Lipinski definition) is 4. The van der Waals surface area contributed by atoms with Crippen LogP contribution in [0, 0.1) is 6.92 Å². The highest BCUT2D eigenvalue weighted by atomic mass is 79.9. The van der Waals surface area contributed by atoms with Gasteiger partial charge in [-0.15, -0.1) is 0 Å². The first-order valence-electron chi connectivity index (χ1n) is 10.6. The Kier molecular flexibility index (Phi) is 10.2. The van der Waals surface area contributed by atoms with Gasteiger partial charge in [-0.1, -0.05) is 52.1 Å². The van der Waals surface area contributed by atoms with Crippen molar-refractivity contribution < 1.29 is 18.0 Å². The molecule has 0 aliphatic heterocycles. The largest absolute Gasteiger partial charge is 0.355 e. The fraction of sp³-hybridized carbons (Fsp3) is 0.391. The number of nitrogens with one attached hydrogen (secondary N) is 1. The Morgan fingerprint density at radius 1 is 1.12 bits per heavy atom. The Hall–Kier alpha value is -1.81. The van der Waals surface area contributed by atoms with Crippen molar-refractivity contribution in [2.75, 3.05) is 23.7 Å². The van der Waals surface area contributed by atoms with Crippen LogP contribution < -0.4 is 9.62 Å². The summed E-state index contributed by atoms with van der Waals surface area (Å²) in [7, 11) is -3.80.